The summed E-state index contributed by atoms with van der Waals surface area (Å²) in [6, 6.07) is 21.4. The van der Waals surface area contributed by atoms with Gasteiger partial charge in [-0.1, -0.05) is 56.0 Å². The lowest BCUT2D eigenvalue weighted by Crippen LogP contribution is -2.27. The topological polar surface area (TPSA) is 60.5 Å². The lowest BCUT2D eigenvalue weighted by molar-refractivity contribution is -0.122. The highest BCUT2D eigenvalue weighted by Gasteiger charge is 2.33. The van der Waals surface area contributed by atoms with Crippen LogP contribution in [-0.4, -0.2) is 31.5 Å². The molecule has 5 rings (SSSR count). The van der Waals surface area contributed by atoms with E-state index in [0.29, 0.717) is 34.1 Å². The van der Waals surface area contributed by atoms with Crippen LogP contribution >= 0.6 is 24.0 Å². The average molecular weight is 516 g/mol. The van der Waals surface area contributed by atoms with E-state index >= 15 is 0 Å². The molecule has 1 saturated heterocycles. The molecule has 0 unspecified atom stereocenters. The molecule has 2 aromatic carbocycles. The number of hydrogen-bond acceptors (Lipinski definition) is 6. The van der Waals surface area contributed by atoms with Crippen LogP contribution in [0.15, 0.2) is 88.5 Å². The molecule has 8 heteroatoms. The number of carbonyl (C=O) groups is 1. The van der Waals surface area contributed by atoms with Crippen molar-refractivity contribution >= 4 is 40.3 Å². The zero-order valence-electron chi connectivity index (χ0n) is 20.0. The standard InChI is InChI=1S/C28H25N3O3S2/c1-19(2)18-34-23-12-10-20(11-13-23)26-21(16-31(29-26)22-7-4-3-5-8-22)15-25-27(32)30(28(35)36-25)17-24-9-6-14-33-24/h3-16,19H,17-18H2,1-2H3. The van der Waals surface area contributed by atoms with Gasteiger partial charge in [-0.05, 0) is 60.5 Å². The average Bonchev–Trinajstić information content (AvgIpc) is 3.61. The predicted octanol–water partition coefficient (Wildman–Crippen LogP) is 6.57. The number of hydrogen-bond donors (Lipinski definition) is 0. The van der Waals surface area contributed by atoms with Gasteiger partial charge in [0.25, 0.3) is 5.91 Å². The van der Waals surface area contributed by atoms with Crippen LogP contribution in [0.1, 0.15) is 25.2 Å². The summed E-state index contributed by atoms with van der Waals surface area (Å²) >= 11 is 6.79. The van der Waals surface area contributed by atoms with E-state index in [9.17, 15) is 4.79 Å². The van der Waals surface area contributed by atoms with Gasteiger partial charge in [-0.3, -0.25) is 9.69 Å². The summed E-state index contributed by atoms with van der Waals surface area (Å²) in [5.41, 5.74) is 3.46. The third-order valence-corrected chi connectivity index (χ3v) is 6.91. The van der Waals surface area contributed by atoms with Crippen molar-refractivity contribution < 1.29 is 13.9 Å². The number of aromatic nitrogens is 2. The Balaban J connectivity index is 1.48. The molecule has 2 aromatic heterocycles. The predicted molar refractivity (Wildman–Crippen MR) is 147 cm³/mol. The molecule has 0 radical (unpaired) electrons. The number of furan rings is 1. The van der Waals surface area contributed by atoms with Crippen LogP contribution in [0.5, 0.6) is 5.75 Å². The van der Waals surface area contributed by atoms with Gasteiger partial charge in [-0.2, -0.15) is 5.10 Å². The fraction of sp³-hybridized carbons (Fsp3) is 0.179. The van der Waals surface area contributed by atoms with Crippen molar-refractivity contribution in [2.45, 2.75) is 20.4 Å². The van der Waals surface area contributed by atoms with Gasteiger partial charge in [0.15, 0.2) is 0 Å². The second-order valence-corrected chi connectivity index (χ2v) is 10.5. The van der Waals surface area contributed by atoms with Gasteiger partial charge < -0.3 is 9.15 Å². The van der Waals surface area contributed by atoms with Crippen LogP contribution in [0.3, 0.4) is 0 Å². The maximum absolute atomic E-state index is 13.2. The molecule has 0 atom stereocenters. The summed E-state index contributed by atoms with van der Waals surface area (Å²) in [7, 11) is 0. The van der Waals surface area contributed by atoms with E-state index in [2.05, 4.69) is 13.8 Å². The molecule has 0 saturated carbocycles. The van der Waals surface area contributed by atoms with Crippen LogP contribution in [0, 0.1) is 5.92 Å². The highest BCUT2D eigenvalue weighted by molar-refractivity contribution is 8.26. The first-order valence-electron chi connectivity index (χ1n) is 11.6. The van der Waals surface area contributed by atoms with Crippen molar-refractivity contribution in [1.29, 1.82) is 0 Å². The summed E-state index contributed by atoms with van der Waals surface area (Å²) in [5, 5.41) is 4.87. The van der Waals surface area contributed by atoms with Crippen molar-refractivity contribution in [2.24, 2.45) is 5.92 Å². The van der Waals surface area contributed by atoms with E-state index in [0.717, 1.165) is 28.3 Å². The molecule has 3 heterocycles. The van der Waals surface area contributed by atoms with Gasteiger partial charge in [-0.25, -0.2) is 4.68 Å². The number of nitrogens with zero attached hydrogens (tertiary/aromatic N) is 3. The summed E-state index contributed by atoms with van der Waals surface area (Å²) in [5.74, 6) is 1.81. The van der Waals surface area contributed by atoms with Crippen molar-refractivity contribution in [3.05, 3.63) is 95.4 Å². The first kappa shape index (κ1) is 24.1. The molecule has 6 nitrogen and oxygen atoms in total. The molecule has 0 N–H and O–H groups in total. The van der Waals surface area contributed by atoms with Crippen molar-refractivity contribution in [2.75, 3.05) is 6.61 Å². The van der Waals surface area contributed by atoms with Gasteiger partial charge in [0, 0.05) is 17.3 Å². The molecule has 1 amide bonds. The minimum atomic E-state index is -0.141. The van der Waals surface area contributed by atoms with E-state index in [4.69, 9.17) is 26.5 Å². The van der Waals surface area contributed by atoms with Crippen LogP contribution in [-0.2, 0) is 11.3 Å². The number of thiocarbonyl (C=S) groups is 1. The Morgan fingerprint density at radius 3 is 2.56 bits per heavy atom. The lowest BCUT2D eigenvalue weighted by atomic mass is 10.1. The Morgan fingerprint density at radius 2 is 1.86 bits per heavy atom. The number of carbonyl (C=O) groups excluding carboxylic acids is 1. The first-order chi connectivity index (χ1) is 17.5. The van der Waals surface area contributed by atoms with E-state index in [1.165, 1.54) is 11.8 Å². The molecule has 0 bridgehead atoms. The van der Waals surface area contributed by atoms with E-state index in [-0.39, 0.29) is 5.91 Å². The first-order valence-corrected chi connectivity index (χ1v) is 12.9. The van der Waals surface area contributed by atoms with E-state index < -0.39 is 0 Å². The zero-order chi connectivity index (χ0) is 25.1. The number of rotatable bonds is 8. The highest BCUT2D eigenvalue weighted by Crippen LogP contribution is 2.36. The van der Waals surface area contributed by atoms with Crippen LogP contribution in [0.2, 0.25) is 0 Å². The number of para-hydroxylation sites is 1. The summed E-state index contributed by atoms with van der Waals surface area (Å²) in [6.45, 7) is 5.21. The maximum atomic E-state index is 13.2. The van der Waals surface area contributed by atoms with Gasteiger partial charge in [0.05, 0.1) is 35.7 Å². The Kier molecular flexibility index (Phi) is 7.06. The molecular formula is C28H25N3O3S2. The minimum absolute atomic E-state index is 0.141. The lowest BCUT2D eigenvalue weighted by Gasteiger charge is -2.11. The SMILES string of the molecule is CC(C)COc1ccc(-c2nn(-c3ccccc3)cc2C=C2SC(=S)N(Cc3ccco3)C2=O)cc1. The Hall–Kier alpha value is -3.62. The van der Waals surface area contributed by atoms with Crippen molar-refractivity contribution in [1.82, 2.24) is 14.7 Å². The molecule has 1 fully saturated rings. The highest BCUT2D eigenvalue weighted by atomic mass is 32.2. The van der Waals surface area contributed by atoms with E-state index in [1.807, 2.05) is 77.6 Å². The second-order valence-electron chi connectivity index (χ2n) is 8.79. The van der Waals surface area contributed by atoms with Gasteiger partial charge in [-0.15, -0.1) is 0 Å². The normalized spacial score (nSPS) is 14.9. The second kappa shape index (κ2) is 10.6. The number of benzene rings is 2. The Labute approximate surface area is 219 Å². The van der Waals surface area contributed by atoms with E-state index in [1.54, 1.807) is 17.2 Å². The van der Waals surface area contributed by atoms with Crippen LogP contribution in [0.4, 0.5) is 0 Å². The molecule has 0 aliphatic carbocycles. The smallest absolute Gasteiger partial charge is 0.266 e. The zero-order valence-corrected chi connectivity index (χ0v) is 21.6. The fourth-order valence-corrected chi connectivity index (χ4v) is 4.98. The number of thioether (sulfide) groups is 1. The monoisotopic (exact) mass is 515 g/mol. The molecule has 1 aliphatic rings. The Bertz CT molecular complexity index is 1390. The van der Waals surface area contributed by atoms with Gasteiger partial charge in [0.1, 0.15) is 15.8 Å². The number of amides is 1. The Morgan fingerprint density at radius 1 is 1.08 bits per heavy atom. The summed E-state index contributed by atoms with van der Waals surface area (Å²) < 4.78 is 13.6. The quantitative estimate of drug-likeness (QED) is 0.195. The molecule has 0 spiro atoms. The third-order valence-electron chi connectivity index (χ3n) is 5.53. The largest absolute Gasteiger partial charge is 0.493 e. The van der Waals surface area contributed by atoms with Crippen molar-refractivity contribution in [3.63, 3.8) is 0 Å². The summed E-state index contributed by atoms with van der Waals surface area (Å²) in [4.78, 5) is 15.3. The molecule has 4 aromatic rings. The van der Waals surface area contributed by atoms with Gasteiger partial charge >= 0.3 is 0 Å². The van der Waals surface area contributed by atoms with Crippen LogP contribution < -0.4 is 4.74 Å². The molecule has 182 valence electrons. The molecule has 36 heavy (non-hydrogen) atoms. The maximum Gasteiger partial charge on any atom is 0.266 e. The van der Waals surface area contributed by atoms with Crippen LogP contribution in [0.25, 0.3) is 23.0 Å². The fourth-order valence-electron chi connectivity index (χ4n) is 3.74. The molecular weight excluding hydrogens is 490 g/mol. The minimum Gasteiger partial charge on any atom is -0.493 e. The molecule has 1 aliphatic heterocycles. The third kappa shape index (κ3) is 5.29. The van der Waals surface area contributed by atoms with Crippen molar-refractivity contribution in [3.8, 4) is 22.7 Å². The number of ether oxygens (including phenoxy) is 1. The summed E-state index contributed by atoms with van der Waals surface area (Å²) in [6.07, 6.45) is 5.39. The van der Waals surface area contributed by atoms with Gasteiger partial charge in [0.2, 0.25) is 0 Å².